The minimum Gasteiger partial charge on any atom is -0.434 e. The second kappa shape index (κ2) is 11.7. The Hall–Kier alpha value is -0.850. The summed E-state index contributed by atoms with van der Waals surface area (Å²) in [6, 6.07) is 4.46. The topological polar surface area (TPSA) is 45.7 Å². The van der Waals surface area contributed by atoms with Crippen molar-refractivity contribution in [3.8, 4) is 5.75 Å². The Morgan fingerprint density at radius 3 is 2.52 bits per heavy atom. The molecule has 0 saturated carbocycles. The van der Waals surface area contributed by atoms with Crippen LogP contribution in [0, 0.1) is 0 Å². The third-order valence-corrected chi connectivity index (χ3v) is 3.18. The minimum absolute atomic E-state index is 0. The highest BCUT2D eigenvalue weighted by Gasteiger charge is 2.26. The summed E-state index contributed by atoms with van der Waals surface area (Å²) < 4.78 is 66.3. The Labute approximate surface area is 167 Å². The fourth-order valence-electron chi connectivity index (χ4n) is 1.71. The summed E-state index contributed by atoms with van der Waals surface area (Å²) in [5, 5.41) is 5.33. The van der Waals surface area contributed by atoms with Crippen molar-refractivity contribution in [2.24, 2.45) is 4.99 Å². The maximum atomic E-state index is 12.4. The van der Waals surface area contributed by atoms with E-state index in [0.29, 0.717) is 16.6 Å². The van der Waals surface area contributed by atoms with E-state index in [1.807, 2.05) is 0 Å². The van der Waals surface area contributed by atoms with Crippen molar-refractivity contribution in [3.63, 3.8) is 0 Å². The largest absolute Gasteiger partial charge is 0.434 e. The monoisotopic (exact) mass is 545 g/mol. The predicted molar refractivity (Wildman–Crippen MR) is 99.7 cm³/mol. The van der Waals surface area contributed by atoms with Gasteiger partial charge in [0.2, 0.25) is 0 Å². The summed E-state index contributed by atoms with van der Waals surface area (Å²) in [6.07, 6.45) is -5.28. The van der Waals surface area contributed by atoms with Gasteiger partial charge in [0.25, 0.3) is 0 Å². The highest BCUT2D eigenvalue weighted by Crippen LogP contribution is 2.25. The van der Waals surface area contributed by atoms with Crippen molar-refractivity contribution in [2.45, 2.75) is 32.7 Å². The highest BCUT2D eigenvalue weighted by molar-refractivity contribution is 14.0. The average molecular weight is 546 g/mol. The number of hydrogen-bond donors (Lipinski definition) is 2. The van der Waals surface area contributed by atoms with Crippen molar-refractivity contribution in [1.29, 1.82) is 0 Å². The molecule has 1 aromatic carbocycles. The molecule has 1 rings (SSSR count). The predicted octanol–water partition coefficient (Wildman–Crippen LogP) is 4.68. The zero-order chi connectivity index (χ0) is 18.2. The van der Waals surface area contributed by atoms with Gasteiger partial charge in [0, 0.05) is 23.1 Å². The lowest BCUT2D eigenvalue weighted by molar-refractivity contribution is -0.132. The molecule has 0 aliphatic rings. The first kappa shape index (κ1) is 24.1. The van der Waals surface area contributed by atoms with Crippen molar-refractivity contribution < 1.29 is 26.7 Å². The third-order valence-electron chi connectivity index (χ3n) is 2.69. The van der Waals surface area contributed by atoms with Crippen LogP contribution >= 0.6 is 39.9 Å². The standard InChI is InChI=1S/C14H17BrF5N3O.HI/c1-2-21-13(22-6-5-14(18,19)20)23-8-9-7-10(15)3-4-11(9)24-12(16)17;/h3-4,7,12H,2,5-6,8H2,1H3,(H2,21,22,23);1H. The molecule has 0 radical (unpaired) electrons. The third kappa shape index (κ3) is 10.7. The van der Waals surface area contributed by atoms with Gasteiger partial charge in [-0.15, -0.1) is 24.0 Å². The Balaban J connectivity index is 0.00000576. The molecule has 0 amide bonds. The fourth-order valence-corrected chi connectivity index (χ4v) is 2.12. The SMILES string of the molecule is CCNC(=NCc1cc(Br)ccc1OC(F)F)NCCC(F)(F)F.I. The molecule has 1 aromatic rings. The van der Waals surface area contributed by atoms with E-state index in [9.17, 15) is 22.0 Å². The lowest BCUT2D eigenvalue weighted by atomic mass is 10.2. The zero-order valence-electron chi connectivity index (χ0n) is 13.2. The highest BCUT2D eigenvalue weighted by atomic mass is 127. The number of hydrogen-bond acceptors (Lipinski definition) is 2. The Morgan fingerprint density at radius 2 is 1.96 bits per heavy atom. The van der Waals surface area contributed by atoms with Crippen LogP contribution in [-0.4, -0.2) is 31.8 Å². The van der Waals surface area contributed by atoms with E-state index in [-0.39, 0.29) is 48.8 Å². The zero-order valence-corrected chi connectivity index (χ0v) is 17.1. The molecule has 25 heavy (non-hydrogen) atoms. The van der Waals surface area contributed by atoms with E-state index < -0.39 is 19.2 Å². The molecule has 0 aromatic heterocycles. The molecule has 0 aliphatic heterocycles. The van der Waals surface area contributed by atoms with Crippen LogP contribution in [0.4, 0.5) is 22.0 Å². The summed E-state index contributed by atoms with van der Waals surface area (Å²) in [4.78, 5) is 4.09. The van der Waals surface area contributed by atoms with E-state index >= 15 is 0 Å². The molecule has 0 atom stereocenters. The maximum absolute atomic E-state index is 12.4. The Morgan fingerprint density at radius 1 is 1.28 bits per heavy atom. The summed E-state index contributed by atoms with van der Waals surface area (Å²) in [5.74, 6) is 0.118. The van der Waals surface area contributed by atoms with Crippen molar-refractivity contribution in [1.82, 2.24) is 10.6 Å². The van der Waals surface area contributed by atoms with Crippen LogP contribution in [0.3, 0.4) is 0 Å². The number of halogens is 7. The van der Waals surface area contributed by atoms with Gasteiger partial charge in [0.1, 0.15) is 5.75 Å². The first-order valence-electron chi connectivity index (χ1n) is 7.03. The normalized spacial score (nSPS) is 11.9. The lowest BCUT2D eigenvalue weighted by Crippen LogP contribution is -2.38. The summed E-state index contributed by atoms with van der Waals surface area (Å²) in [7, 11) is 0. The fraction of sp³-hybridized carbons (Fsp3) is 0.500. The molecule has 0 saturated heterocycles. The number of guanidine groups is 1. The summed E-state index contributed by atoms with van der Waals surface area (Å²) >= 11 is 3.22. The van der Waals surface area contributed by atoms with Gasteiger partial charge in [-0.2, -0.15) is 22.0 Å². The molecule has 0 spiro atoms. The van der Waals surface area contributed by atoms with Crippen molar-refractivity contribution >= 4 is 45.9 Å². The van der Waals surface area contributed by atoms with Gasteiger partial charge >= 0.3 is 12.8 Å². The minimum atomic E-state index is -4.27. The van der Waals surface area contributed by atoms with Crippen LogP contribution in [0.5, 0.6) is 5.75 Å². The van der Waals surface area contributed by atoms with Gasteiger partial charge in [-0.25, -0.2) is 4.99 Å². The molecule has 2 N–H and O–H groups in total. The van der Waals surface area contributed by atoms with Crippen LogP contribution in [0.25, 0.3) is 0 Å². The van der Waals surface area contributed by atoms with Crippen LogP contribution in [0.1, 0.15) is 18.9 Å². The lowest BCUT2D eigenvalue weighted by Gasteiger charge is -2.13. The average Bonchev–Trinajstić information content (AvgIpc) is 2.45. The van der Waals surface area contributed by atoms with Crippen molar-refractivity contribution in [3.05, 3.63) is 28.2 Å². The molecular formula is C14H18BrF5IN3O. The van der Waals surface area contributed by atoms with Gasteiger partial charge in [-0.3, -0.25) is 0 Å². The number of rotatable bonds is 7. The summed E-state index contributed by atoms with van der Waals surface area (Å²) in [5.41, 5.74) is 0.373. The van der Waals surface area contributed by atoms with E-state index in [1.54, 1.807) is 13.0 Å². The number of nitrogens with zero attached hydrogens (tertiary/aromatic N) is 1. The molecule has 0 bridgehead atoms. The van der Waals surface area contributed by atoms with Gasteiger partial charge in [-0.1, -0.05) is 15.9 Å². The van der Waals surface area contributed by atoms with Crippen molar-refractivity contribution in [2.75, 3.05) is 13.1 Å². The number of ether oxygens (including phenoxy) is 1. The molecule has 0 aliphatic carbocycles. The molecule has 144 valence electrons. The number of nitrogens with one attached hydrogen (secondary N) is 2. The smallest absolute Gasteiger partial charge is 0.390 e. The van der Waals surface area contributed by atoms with E-state index in [4.69, 9.17) is 0 Å². The Kier molecular flexibility index (Phi) is 11.3. The molecular weight excluding hydrogens is 528 g/mol. The second-order valence-corrected chi connectivity index (χ2v) is 5.53. The van der Waals surface area contributed by atoms with Crippen LogP contribution in [0.2, 0.25) is 0 Å². The summed E-state index contributed by atoms with van der Waals surface area (Å²) in [6.45, 7) is -1.16. The number of benzene rings is 1. The van der Waals surface area contributed by atoms with E-state index in [2.05, 4.69) is 36.3 Å². The van der Waals surface area contributed by atoms with Gasteiger partial charge in [0.05, 0.1) is 13.0 Å². The number of alkyl halides is 5. The molecule has 11 heteroatoms. The first-order valence-corrected chi connectivity index (χ1v) is 7.82. The number of aliphatic imine (C=N–C) groups is 1. The molecule has 0 unspecified atom stereocenters. The van der Waals surface area contributed by atoms with Gasteiger partial charge < -0.3 is 15.4 Å². The van der Waals surface area contributed by atoms with Crippen LogP contribution < -0.4 is 15.4 Å². The molecule has 0 heterocycles. The second-order valence-electron chi connectivity index (χ2n) is 4.62. The quantitative estimate of drug-likeness (QED) is 0.226. The van der Waals surface area contributed by atoms with Crippen LogP contribution in [0.15, 0.2) is 27.7 Å². The van der Waals surface area contributed by atoms with E-state index in [1.165, 1.54) is 12.1 Å². The Bertz CT molecular complexity index is 558. The molecule has 4 nitrogen and oxygen atoms in total. The van der Waals surface area contributed by atoms with Gasteiger partial charge in [0.15, 0.2) is 5.96 Å². The van der Waals surface area contributed by atoms with Gasteiger partial charge in [-0.05, 0) is 25.1 Å². The van der Waals surface area contributed by atoms with E-state index in [0.717, 1.165) is 0 Å². The maximum Gasteiger partial charge on any atom is 0.390 e. The van der Waals surface area contributed by atoms with Crippen LogP contribution in [-0.2, 0) is 6.54 Å². The first-order chi connectivity index (χ1) is 11.2. The molecule has 0 fully saturated rings.